The second-order valence-corrected chi connectivity index (χ2v) is 6.17. The number of carbonyl (C=O) groups excluding carboxylic acids is 1. The summed E-state index contributed by atoms with van der Waals surface area (Å²) in [5.74, 6) is -0.117. The summed E-state index contributed by atoms with van der Waals surface area (Å²) >= 11 is 5.39. The zero-order valence-electron chi connectivity index (χ0n) is 13.4. The molecule has 0 atom stereocenters. The fraction of sp³-hybridized carbons (Fsp3) is 0.158. The van der Waals surface area contributed by atoms with Crippen LogP contribution in [-0.2, 0) is 4.79 Å². The largest absolute Gasteiger partial charge is 0.327 e. The predicted octanol–water partition coefficient (Wildman–Crippen LogP) is 3.87. The number of hydrogen-bond donors (Lipinski definition) is 1. The maximum atomic E-state index is 12.8. The van der Waals surface area contributed by atoms with Crippen LogP contribution in [-0.4, -0.2) is 11.0 Å². The molecule has 2 aromatic rings. The van der Waals surface area contributed by atoms with Crippen LogP contribution >= 0.6 is 12.2 Å². The number of carbonyl (C=O) groups is 1. The lowest BCUT2D eigenvalue weighted by molar-refractivity contribution is -0.113. The van der Waals surface area contributed by atoms with Crippen LogP contribution < -0.4 is 10.2 Å². The van der Waals surface area contributed by atoms with E-state index in [4.69, 9.17) is 12.2 Å². The van der Waals surface area contributed by atoms with Gasteiger partial charge >= 0.3 is 0 Å². The first-order chi connectivity index (χ1) is 11.0. The molecular formula is C19H18N2OS. The first-order valence-corrected chi connectivity index (χ1v) is 7.88. The smallest absolute Gasteiger partial charge is 0.281 e. The van der Waals surface area contributed by atoms with Gasteiger partial charge in [-0.1, -0.05) is 48.0 Å². The highest BCUT2D eigenvalue weighted by molar-refractivity contribution is 7.80. The zero-order valence-corrected chi connectivity index (χ0v) is 14.2. The molecule has 0 radical (unpaired) electrons. The van der Waals surface area contributed by atoms with E-state index < -0.39 is 0 Å². The van der Waals surface area contributed by atoms with Crippen LogP contribution in [0.4, 0.5) is 5.69 Å². The molecule has 1 heterocycles. The van der Waals surface area contributed by atoms with Gasteiger partial charge in [0.05, 0.1) is 5.69 Å². The van der Waals surface area contributed by atoms with Crippen LogP contribution in [0.3, 0.4) is 0 Å². The van der Waals surface area contributed by atoms with Crippen molar-refractivity contribution < 1.29 is 4.79 Å². The van der Waals surface area contributed by atoms with E-state index >= 15 is 0 Å². The molecule has 4 heteroatoms. The van der Waals surface area contributed by atoms with E-state index in [2.05, 4.69) is 5.32 Å². The first-order valence-electron chi connectivity index (χ1n) is 7.47. The highest BCUT2D eigenvalue weighted by atomic mass is 32.1. The third-order valence-corrected chi connectivity index (χ3v) is 4.18. The highest BCUT2D eigenvalue weighted by Crippen LogP contribution is 2.29. The van der Waals surface area contributed by atoms with Gasteiger partial charge in [-0.15, -0.1) is 0 Å². The number of thiocarbonyl (C=S) groups is 1. The third-order valence-electron chi connectivity index (χ3n) is 3.89. The van der Waals surface area contributed by atoms with E-state index in [-0.39, 0.29) is 5.91 Å². The van der Waals surface area contributed by atoms with Crippen molar-refractivity contribution in [3.05, 3.63) is 70.4 Å². The van der Waals surface area contributed by atoms with E-state index in [1.165, 1.54) is 0 Å². The lowest BCUT2D eigenvalue weighted by Gasteiger charge is -2.19. The van der Waals surface area contributed by atoms with Crippen molar-refractivity contribution in [2.45, 2.75) is 20.8 Å². The van der Waals surface area contributed by atoms with Crippen molar-refractivity contribution in [1.29, 1.82) is 0 Å². The molecule has 3 rings (SSSR count). The summed E-state index contributed by atoms with van der Waals surface area (Å²) in [4.78, 5) is 14.4. The van der Waals surface area contributed by atoms with Crippen molar-refractivity contribution in [1.82, 2.24) is 5.32 Å². The molecule has 1 fully saturated rings. The van der Waals surface area contributed by atoms with Crippen LogP contribution in [0.5, 0.6) is 0 Å². The SMILES string of the molecule is Cc1cccc(/C=C2\NC(=S)N(c3c(C)cccc3C)C2=O)c1. The molecule has 0 aromatic heterocycles. The standard InChI is InChI=1S/C19H18N2OS/c1-12-6-4-9-15(10-12)11-16-18(22)21(19(23)20-16)17-13(2)7-5-8-14(17)3/h4-11H,1-3H3,(H,20,23)/b16-11-. The molecule has 3 nitrogen and oxygen atoms in total. The number of hydrogen-bond acceptors (Lipinski definition) is 2. The summed E-state index contributed by atoms with van der Waals surface area (Å²) in [5.41, 5.74) is 5.55. The van der Waals surface area contributed by atoms with Gasteiger partial charge in [0.25, 0.3) is 5.91 Å². The molecular weight excluding hydrogens is 304 g/mol. The van der Waals surface area contributed by atoms with Crippen molar-refractivity contribution in [2.75, 3.05) is 4.90 Å². The van der Waals surface area contributed by atoms with Crippen molar-refractivity contribution >= 4 is 35.0 Å². The molecule has 1 amide bonds. The molecule has 1 N–H and O–H groups in total. The van der Waals surface area contributed by atoms with Crippen LogP contribution in [0.1, 0.15) is 22.3 Å². The Kier molecular flexibility index (Phi) is 4.01. The molecule has 0 aliphatic carbocycles. The van der Waals surface area contributed by atoms with E-state index in [0.717, 1.165) is 27.9 Å². The van der Waals surface area contributed by atoms with E-state index in [1.54, 1.807) is 4.90 Å². The number of nitrogens with one attached hydrogen (secondary N) is 1. The Balaban J connectivity index is 2.01. The van der Waals surface area contributed by atoms with Gasteiger partial charge in [0.2, 0.25) is 0 Å². The summed E-state index contributed by atoms with van der Waals surface area (Å²) in [6.45, 7) is 6.00. The van der Waals surface area contributed by atoms with Crippen molar-refractivity contribution in [2.24, 2.45) is 0 Å². The van der Waals surface area contributed by atoms with Gasteiger partial charge in [0.15, 0.2) is 5.11 Å². The Morgan fingerprint density at radius 1 is 1.04 bits per heavy atom. The van der Waals surface area contributed by atoms with Gasteiger partial charge in [0, 0.05) is 0 Å². The number of aryl methyl sites for hydroxylation is 3. The highest BCUT2D eigenvalue weighted by Gasteiger charge is 2.33. The maximum absolute atomic E-state index is 12.8. The van der Waals surface area contributed by atoms with Crippen LogP contribution in [0, 0.1) is 20.8 Å². The summed E-state index contributed by atoms with van der Waals surface area (Å²) in [6.07, 6.45) is 1.84. The first kappa shape index (κ1) is 15.4. The van der Waals surface area contributed by atoms with Crippen LogP contribution in [0.2, 0.25) is 0 Å². The number of nitrogens with zero attached hydrogens (tertiary/aromatic N) is 1. The topological polar surface area (TPSA) is 32.3 Å². The maximum Gasteiger partial charge on any atom is 0.281 e. The number of amides is 1. The van der Waals surface area contributed by atoms with E-state index in [1.807, 2.05) is 69.3 Å². The van der Waals surface area contributed by atoms with Crippen LogP contribution in [0.15, 0.2) is 48.2 Å². The average Bonchev–Trinajstić information content (AvgIpc) is 2.75. The third kappa shape index (κ3) is 2.90. The summed E-state index contributed by atoms with van der Waals surface area (Å²) in [7, 11) is 0. The minimum absolute atomic E-state index is 0.117. The number of anilines is 1. The Morgan fingerprint density at radius 3 is 2.35 bits per heavy atom. The van der Waals surface area contributed by atoms with Gasteiger partial charge in [-0.3, -0.25) is 9.69 Å². The van der Waals surface area contributed by atoms with Gasteiger partial charge in [0.1, 0.15) is 5.70 Å². The van der Waals surface area contributed by atoms with Gasteiger partial charge < -0.3 is 5.32 Å². The molecule has 0 unspecified atom stereocenters. The summed E-state index contributed by atoms with van der Waals surface area (Å²) in [6, 6.07) is 14.0. The molecule has 2 aromatic carbocycles. The molecule has 0 bridgehead atoms. The quantitative estimate of drug-likeness (QED) is 0.673. The number of rotatable bonds is 2. The fourth-order valence-corrected chi connectivity index (χ4v) is 3.11. The van der Waals surface area contributed by atoms with E-state index in [9.17, 15) is 4.79 Å². The lowest BCUT2D eigenvalue weighted by atomic mass is 10.1. The number of para-hydroxylation sites is 1. The normalized spacial score (nSPS) is 16.1. The Labute approximate surface area is 141 Å². The predicted molar refractivity (Wildman–Crippen MR) is 98.3 cm³/mol. The molecule has 116 valence electrons. The zero-order chi connectivity index (χ0) is 16.6. The van der Waals surface area contributed by atoms with Crippen LogP contribution in [0.25, 0.3) is 6.08 Å². The average molecular weight is 322 g/mol. The lowest BCUT2D eigenvalue weighted by Crippen LogP contribution is -2.31. The minimum Gasteiger partial charge on any atom is -0.327 e. The molecule has 0 saturated carbocycles. The Morgan fingerprint density at radius 2 is 1.70 bits per heavy atom. The second kappa shape index (κ2) is 5.97. The fourth-order valence-electron chi connectivity index (χ4n) is 2.82. The monoisotopic (exact) mass is 322 g/mol. The Bertz CT molecular complexity index is 819. The second-order valence-electron chi connectivity index (χ2n) is 5.78. The molecule has 1 saturated heterocycles. The minimum atomic E-state index is -0.117. The molecule has 23 heavy (non-hydrogen) atoms. The van der Waals surface area contributed by atoms with Gasteiger partial charge in [-0.2, -0.15) is 0 Å². The van der Waals surface area contributed by atoms with Crippen molar-refractivity contribution in [3.63, 3.8) is 0 Å². The van der Waals surface area contributed by atoms with Gasteiger partial charge in [-0.25, -0.2) is 0 Å². The summed E-state index contributed by atoms with van der Waals surface area (Å²) < 4.78 is 0. The summed E-state index contributed by atoms with van der Waals surface area (Å²) in [5, 5.41) is 3.47. The van der Waals surface area contributed by atoms with E-state index in [0.29, 0.717) is 10.8 Å². The Hall–Kier alpha value is -2.46. The molecule has 1 aliphatic rings. The molecule has 1 aliphatic heterocycles. The van der Waals surface area contributed by atoms with Gasteiger partial charge in [-0.05, 0) is 55.8 Å². The van der Waals surface area contributed by atoms with Crippen molar-refractivity contribution in [3.8, 4) is 0 Å². The molecule has 0 spiro atoms. The number of benzene rings is 2.